The van der Waals surface area contributed by atoms with Crippen molar-refractivity contribution in [2.75, 3.05) is 29.9 Å². The number of hydrogen-bond acceptors (Lipinski definition) is 3. The normalized spacial score (nSPS) is 14.3. The monoisotopic (exact) mass is 442 g/mol. The van der Waals surface area contributed by atoms with Crippen LogP contribution in [-0.2, 0) is 11.0 Å². The minimum absolute atomic E-state index is 0.149. The molecule has 2 aromatic rings. The van der Waals surface area contributed by atoms with Crippen LogP contribution in [0.2, 0.25) is 0 Å². The minimum Gasteiger partial charge on any atom is -0.484 e. The van der Waals surface area contributed by atoms with E-state index in [-0.39, 0.29) is 12.3 Å². The van der Waals surface area contributed by atoms with Crippen molar-refractivity contribution in [3.63, 3.8) is 0 Å². The summed E-state index contributed by atoms with van der Waals surface area (Å²) in [5, 5.41) is 2.57. The predicted molar refractivity (Wildman–Crippen MR) is 101 cm³/mol. The van der Waals surface area contributed by atoms with Gasteiger partial charge in [-0.05, 0) is 55.3 Å². The number of nitrogens with zero attached hydrogens (tertiary/aromatic N) is 1. The molecule has 1 fully saturated rings. The van der Waals surface area contributed by atoms with Crippen molar-refractivity contribution in [3.8, 4) is 5.75 Å². The van der Waals surface area contributed by atoms with Crippen LogP contribution >= 0.6 is 15.9 Å². The lowest BCUT2D eigenvalue weighted by molar-refractivity contribution is -0.137. The highest BCUT2D eigenvalue weighted by Crippen LogP contribution is 2.36. The summed E-state index contributed by atoms with van der Waals surface area (Å²) in [6, 6.07) is 10.4. The highest BCUT2D eigenvalue weighted by atomic mass is 79.9. The number of carbonyl (C=O) groups excluding carboxylic acids is 1. The third-order valence-electron chi connectivity index (χ3n) is 4.23. The molecular formula is C19H18BrF3N2O2. The van der Waals surface area contributed by atoms with Crippen molar-refractivity contribution < 1.29 is 22.7 Å². The van der Waals surface area contributed by atoms with Crippen molar-refractivity contribution >= 4 is 33.2 Å². The standard InChI is InChI=1S/C19H18BrF3N2O2/c20-14-4-6-15(7-5-14)27-12-18(26)24-16-11-13(19(21,22)23)3-8-17(16)25-9-1-2-10-25/h3-8,11H,1-2,9-10,12H2,(H,24,26). The first kappa shape index (κ1) is 19.5. The van der Waals surface area contributed by atoms with Gasteiger partial charge in [0.05, 0.1) is 16.9 Å². The number of anilines is 2. The summed E-state index contributed by atoms with van der Waals surface area (Å²) in [5.41, 5.74) is -0.0526. The Morgan fingerprint density at radius 1 is 1.11 bits per heavy atom. The molecule has 1 aliphatic heterocycles. The molecule has 0 radical (unpaired) electrons. The molecule has 8 heteroatoms. The lowest BCUT2D eigenvalue weighted by Crippen LogP contribution is -2.24. The first-order valence-electron chi connectivity index (χ1n) is 8.47. The lowest BCUT2D eigenvalue weighted by atomic mass is 10.1. The molecule has 27 heavy (non-hydrogen) atoms. The Balaban J connectivity index is 1.74. The largest absolute Gasteiger partial charge is 0.484 e. The second-order valence-electron chi connectivity index (χ2n) is 6.21. The Hall–Kier alpha value is -2.22. The first-order valence-corrected chi connectivity index (χ1v) is 9.26. The van der Waals surface area contributed by atoms with Crippen LogP contribution in [0.15, 0.2) is 46.9 Å². The highest BCUT2D eigenvalue weighted by molar-refractivity contribution is 9.10. The third-order valence-corrected chi connectivity index (χ3v) is 4.76. The summed E-state index contributed by atoms with van der Waals surface area (Å²) in [7, 11) is 0. The molecule has 1 aliphatic rings. The van der Waals surface area contributed by atoms with E-state index in [1.54, 1.807) is 24.3 Å². The molecule has 0 aliphatic carbocycles. The van der Waals surface area contributed by atoms with Gasteiger partial charge < -0.3 is 15.0 Å². The van der Waals surface area contributed by atoms with Crippen molar-refractivity contribution in [3.05, 3.63) is 52.5 Å². The number of nitrogens with one attached hydrogen (secondary N) is 1. The molecule has 4 nitrogen and oxygen atoms in total. The van der Waals surface area contributed by atoms with Gasteiger partial charge in [0.1, 0.15) is 5.75 Å². The zero-order valence-electron chi connectivity index (χ0n) is 14.4. The van der Waals surface area contributed by atoms with Gasteiger partial charge >= 0.3 is 6.18 Å². The topological polar surface area (TPSA) is 41.6 Å². The summed E-state index contributed by atoms with van der Waals surface area (Å²) in [5.74, 6) is -0.0187. The third kappa shape index (κ3) is 5.15. The number of amides is 1. The summed E-state index contributed by atoms with van der Waals surface area (Å²) >= 11 is 3.30. The summed E-state index contributed by atoms with van der Waals surface area (Å²) in [6.07, 6.45) is -2.53. The number of alkyl halides is 3. The Morgan fingerprint density at radius 2 is 1.78 bits per heavy atom. The molecule has 0 spiro atoms. The van der Waals surface area contributed by atoms with E-state index < -0.39 is 17.6 Å². The van der Waals surface area contributed by atoms with Gasteiger partial charge in [-0.1, -0.05) is 15.9 Å². The van der Waals surface area contributed by atoms with Crippen molar-refractivity contribution in [1.29, 1.82) is 0 Å². The summed E-state index contributed by atoms with van der Waals surface area (Å²) < 4.78 is 45.4. The van der Waals surface area contributed by atoms with Gasteiger partial charge in [0.25, 0.3) is 5.91 Å². The molecule has 1 amide bonds. The average Bonchev–Trinajstić information content (AvgIpc) is 3.15. The Bertz CT molecular complexity index is 804. The predicted octanol–water partition coefficient (Wildman–Crippen LogP) is 5.09. The van der Waals surface area contributed by atoms with Gasteiger partial charge in [0.2, 0.25) is 0 Å². The molecular weight excluding hydrogens is 425 g/mol. The van der Waals surface area contributed by atoms with E-state index >= 15 is 0 Å². The van der Waals surface area contributed by atoms with Crippen LogP contribution in [0.3, 0.4) is 0 Å². The molecule has 3 rings (SSSR count). The molecule has 144 valence electrons. The molecule has 0 unspecified atom stereocenters. The molecule has 0 bridgehead atoms. The van der Waals surface area contributed by atoms with E-state index in [1.165, 1.54) is 6.07 Å². The van der Waals surface area contributed by atoms with Crippen molar-refractivity contribution in [2.24, 2.45) is 0 Å². The van der Waals surface area contributed by atoms with Gasteiger partial charge in [-0.25, -0.2) is 0 Å². The van der Waals surface area contributed by atoms with E-state index in [0.717, 1.165) is 42.5 Å². The van der Waals surface area contributed by atoms with E-state index in [2.05, 4.69) is 21.2 Å². The molecule has 0 saturated carbocycles. The van der Waals surface area contributed by atoms with E-state index in [0.29, 0.717) is 11.4 Å². The maximum atomic E-state index is 13.1. The van der Waals surface area contributed by atoms with Crippen LogP contribution < -0.4 is 15.0 Å². The van der Waals surface area contributed by atoms with Gasteiger partial charge in [0, 0.05) is 17.6 Å². The smallest absolute Gasteiger partial charge is 0.416 e. The number of carbonyl (C=O) groups is 1. The molecule has 1 heterocycles. The Morgan fingerprint density at radius 3 is 2.41 bits per heavy atom. The van der Waals surface area contributed by atoms with Gasteiger partial charge in [0.15, 0.2) is 6.61 Å². The lowest BCUT2D eigenvalue weighted by Gasteiger charge is -2.23. The molecule has 1 N–H and O–H groups in total. The van der Waals surface area contributed by atoms with Crippen LogP contribution in [0, 0.1) is 0 Å². The SMILES string of the molecule is O=C(COc1ccc(Br)cc1)Nc1cc(C(F)(F)F)ccc1N1CCCC1. The zero-order chi connectivity index (χ0) is 19.4. The zero-order valence-corrected chi connectivity index (χ0v) is 15.9. The summed E-state index contributed by atoms with van der Waals surface area (Å²) in [6.45, 7) is 1.21. The van der Waals surface area contributed by atoms with Gasteiger partial charge in [-0.15, -0.1) is 0 Å². The Labute approximate surface area is 163 Å². The molecule has 1 saturated heterocycles. The number of benzene rings is 2. The van der Waals surface area contributed by atoms with E-state index in [1.807, 2.05) is 4.90 Å². The molecule has 0 aromatic heterocycles. The minimum atomic E-state index is -4.48. The average molecular weight is 443 g/mol. The van der Waals surface area contributed by atoms with E-state index in [4.69, 9.17) is 4.74 Å². The van der Waals surface area contributed by atoms with E-state index in [9.17, 15) is 18.0 Å². The number of halogens is 4. The molecule has 2 aromatic carbocycles. The van der Waals surface area contributed by atoms with Crippen molar-refractivity contribution in [2.45, 2.75) is 19.0 Å². The Kier molecular flexibility index (Phi) is 5.94. The fraction of sp³-hybridized carbons (Fsp3) is 0.316. The van der Waals surface area contributed by atoms with Crippen molar-refractivity contribution in [1.82, 2.24) is 0 Å². The van der Waals surface area contributed by atoms with Gasteiger partial charge in [-0.2, -0.15) is 13.2 Å². The fourth-order valence-corrected chi connectivity index (χ4v) is 3.18. The first-order chi connectivity index (χ1) is 12.8. The van der Waals surface area contributed by atoms with Crippen LogP contribution in [0.25, 0.3) is 0 Å². The second-order valence-corrected chi connectivity index (χ2v) is 7.13. The fourth-order valence-electron chi connectivity index (χ4n) is 2.91. The quantitative estimate of drug-likeness (QED) is 0.701. The number of rotatable bonds is 5. The molecule has 0 atom stereocenters. The van der Waals surface area contributed by atoms with Crippen LogP contribution in [0.5, 0.6) is 5.75 Å². The van der Waals surface area contributed by atoms with Crippen LogP contribution in [0.4, 0.5) is 24.5 Å². The maximum absolute atomic E-state index is 13.1. The van der Waals surface area contributed by atoms with Crippen LogP contribution in [0.1, 0.15) is 18.4 Å². The summed E-state index contributed by atoms with van der Waals surface area (Å²) in [4.78, 5) is 14.2. The number of hydrogen-bond donors (Lipinski definition) is 1. The second kappa shape index (κ2) is 8.21. The van der Waals surface area contributed by atoms with Crippen LogP contribution in [-0.4, -0.2) is 25.6 Å². The van der Waals surface area contributed by atoms with Gasteiger partial charge in [-0.3, -0.25) is 4.79 Å². The number of ether oxygens (including phenoxy) is 1. The maximum Gasteiger partial charge on any atom is 0.416 e. The highest BCUT2D eigenvalue weighted by Gasteiger charge is 2.32.